The van der Waals surface area contributed by atoms with Crippen LogP contribution in [-0.2, 0) is 6.54 Å². The third-order valence-corrected chi connectivity index (χ3v) is 4.89. The maximum absolute atomic E-state index is 13.4. The molecule has 1 fully saturated rings. The highest BCUT2D eigenvalue weighted by atomic mass is 79.9. The van der Waals surface area contributed by atoms with Crippen LogP contribution in [-0.4, -0.2) is 31.1 Å². The molecule has 0 aromatic heterocycles. The zero-order chi connectivity index (χ0) is 13.9. The third kappa shape index (κ3) is 3.56. The Labute approximate surface area is 123 Å². The molecule has 0 unspecified atom stereocenters. The number of likely N-dealkylation sites (N-methyl/N-ethyl adjacent to an activating group) is 1. The Balaban J connectivity index is 1.90. The van der Waals surface area contributed by atoms with Crippen molar-refractivity contribution in [3.63, 3.8) is 0 Å². The van der Waals surface area contributed by atoms with E-state index in [0.717, 1.165) is 18.7 Å². The minimum absolute atomic E-state index is 0.192. The van der Waals surface area contributed by atoms with Crippen molar-refractivity contribution in [1.82, 2.24) is 10.2 Å². The molecule has 0 saturated heterocycles. The van der Waals surface area contributed by atoms with Gasteiger partial charge in [0.05, 0.1) is 4.47 Å². The average molecular weight is 329 g/mol. The van der Waals surface area contributed by atoms with Crippen LogP contribution in [0.2, 0.25) is 0 Å². The fourth-order valence-electron chi connectivity index (χ4n) is 2.90. The molecule has 0 bridgehead atoms. The van der Waals surface area contributed by atoms with E-state index in [9.17, 15) is 4.39 Å². The molecule has 0 atom stereocenters. The van der Waals surface area contributed by atoms with E-state index >= 15 is 0 Å². The highest BCUT2D eigenvalue weighted by Gasteiger charge is 2.35. The largest absolute Gasteiger partial charge is 0.311 e. The molecular weight excluding hydrogens is 307 g/mol. The molecular formula is C15H22BrFN2. The molecule has 0 radical (unpaired) electrons. The summed E-state index contributed by atoms with van der Waals surface area (Å²) in [6.45, 7) is 1.69. The van der Waals surface area contributed by atoms with Gasteiger partial charge in [0.25, 0.3) is 0 Å². The van der Waals surface area contributed by atoms with Gasteiger partial charge < -0.3 is 10.2 Å². The first-order valence-electron chi connectivity index (χ1n) is 6.86. The van der Waals surface area contributed by atoms with Crippen LogP contribution in [0.15, 0.2) is 22.7 Å². The van der Waals surface area contributed by atoms with Gasteiger partial charge in [-0.15, -0.1) is 0 Å². The molecule has 2 rings (SSSR count). The maximum Gasteiger partial charge on any atom is 0.137 e. The van der Waals surface area contributed by atoms with Gasteiger partial charge in [0.1, 0.15) is 5.82 Å². The van der Waals surface area contributed by atoms with E-state index in [1.165, 1.54) is 25.7 Å². The molecule has 0 amide bonds. The lowest BCUT2D eigenvalue weighted by Gasteiger charge is -2.36. The normalized spacial score (nSPS) is 18.2. The second-order valence-corrected chi connectivity index (χ2v) is 6.53. The topological polar surface area (TPSA) is 15.3 Å². The number of hydrogen-bond acceptors (Lipinski definition) is 2. The van der Waals surface area contributed by atoms with Crippen LogP contribution in [0.1, 0.15) is 31.2 Å². The number of halogens is 2. The van der Waals surface area contributed by atoms with Crippen molar-refractivity contribution in [2.75, 3.05) is 20.6 Å². The zero-order valence-electron chi connectivity index (χ0n) is 11.7. The zero-order valence-corrected chi connectivity index (χ0v) is 13.3. The average Bonchev–Trinajstić information content (AvgIpc) is 2.84. The quantitative estimate of drug-likeness (QED) is 0.889. The lowest BCUT2D eigenvalue weighted by Crippen LogP contribution is -2.49. The summed E-state index contributed by atoms with van der Waals surface area (Å²) in [5.41, 5.74) is 1.28. The van der Waals surface area contributed by atoms with Gasteiger partial charge in [-0.1, -0.05) is 18.9 Å². The molecule has 4 heteroatoms. The van der Waals surface area contributed by atoms with Gasteiger partial charge >= 0.3 is 0 Å². The van der Waals surface area contributed by atoms with Crippen LogP contribution in [0.3, 0.4) is 0 Å². The highest BCUT2D eigenvalue weighted by molar-refractivity contribution is 9.10. The Morgan fingerprint density at radius 1 is 1.32 bits per heavy atom. The molecule has 19 heavy (non-hydrogen) atoms. The van der Waals surface area contributed by atoms with Gasteiger partial charge in [-0.25, -0.2) is 4.39 Å². The van der Waals surface area contributed by atoms with Crippen molar-refractivity contribution in [1.29, 1.82) is 0 Å². The molecule has 0 aliphatic heterocycles. The number of rotatable bonds is 5. The van der Waals surface area contributed by atoms with Crippen molar-refractivity contribution >= 4 is 15.9 Å². The molecule has 0 spiro atoms. The number of nitrogens with zero attached hydrogens (tertiary/aromatic N) is 1. The van der Waals surface area contributed by atoms with Gasteiger partial charge in [0.15, 0.2) is 0 Å². The molecule has 1 aliphatic carbocycles. The van der Waals surface area contributed by atoms with Gasteiger partial charge in [-0.3, -0.25) is 0 Å². The summed E-state index contributed by atoms with van der Waals surface area (Å²) in [5.74, 6) is -0.192. The molecule has 2 nitrogen and oxygen atoms in total. The van der Waals surface area contributed by atoms with Crippen molar-refractivity contribution in [2.24, 2.45) is 0 Å². The van der Waals surface area contributed by atoms with Gasteiger partial charge in [0.2, 0.25) is 0 Å². The molecule has 1 aliphatic rings. The van der Waals surface area contributed by atoms with Crippen molar-refractivity contribution < 1.29 is 4.39 Å². The summed E-state index contributed by atoms with van der Waals surface area (Å²) in [4.78, 5) is 2.34. The molecule has 1 aromatic carbocycles. The Kier molecular flexibility index (Phi) is 4.98. The lowest BCUT2D eigenvalue weighted by atomic mass is 9.96. The number of nitrogens with one attached hydrogen (secondary N) is 1. The van der Waals surface area contributed by atoms with Crippen LogP contribution in [0.25, 0.3) is 0 Å². The smallest absolute Gasteiger partial charge is 0.137 e. The number of benzene rings is 1. The Hall–Kier alpha value is -0.450. The first kappa shape index (κ1) is 14.9. The number of hydrogen-bond donors (Lipinski definition) is 1. The summed E-state index contributed by atoms with van der Waals surface area (Å²) in [7, 11) is 4.32. The monoisotopic (exact) mass is 328 g/mol. The fraction of sp³-hybridized carbons (Fsp3) is 0.600. The van der Waals surface area contributed by atoms with Crippen molar-refractivity contribution in [3.8, 4) is 0 Å². The SMILES string of the molecule is CN(C)C1(CNCc2ccc(Br)c(F)c2)CCCC1. The first-order chi connectivity index (χ1) is 9.03. The predicted octanol–water partition coefficient (Wildman–Crippen LogP) is 3.55. The Morgan fingerprint density at radius 3 is 2.58 bits per heavy atom. The fourth-order valence-corrected chi connectivity index (χ4v) is 3.15. The summed E-state index contributed by atoms with van der Waals surface area (Å²) < 4.78 is 14.0. The highest BCUT2D eigenvalue weighted by Crippen LogP contribution is 2.33. The van der Waals surface area contributed by atoms with Gasteiger partial charge in [0, 0.05) is 18.6 Å². The maximum atomic E-state index is 13.4. The summed E-state index contributed by atoms with van der Waals surface area (Å²) in [6.07, 6.45) is 5.13. The second kappa shape index (κ2) is 6.33. The first-order valence-corrected chi connectivity index (χ1v) is 7.65. The minimum atomic E-state index is -0.192. The van der Waals surface area contributed by atoms with E-state index in [2.05, 4.69) is 40.2 Å². The van der Waals surface area contributed by atoms with Crippen molar-refractivity contribution in [2.45, 2.75) is 37.8 Å². The van der Waals surface area contributed by atoms with E-state index in [1.807, 2.05) is 6.07 Å². The summed E-state index contributed by atoms with van der Waals surface area (Å²) in [6, 6.07) is 5.31. The Bertz CT molecular complexity index is 428. The van der Waals surface area contributed by atoms with Crippen LogP contribution < -0.4 is 5.32 Å². The van der Waals surface area contributed by atoms with Gasteiger partial charge in [-0.2, -0.15) is 0 Å². The van der Waals surface area contributed by atoms with Gasteiger partial charge in [-0.05, 0) is 60.6 Å². The molecule has 0 heterocycles. The van der Waals surface area contributed by atoms with E-state index in [1.54, 1.807) is 12.1 Å². The summed E-state index contributed by atoms with van der Waals surface area (Å²) >= 11 is 3.18. The standard InChI is InChI=1S/C15H22BrFN2/c1-19(2)15(7-3-4-8-15)11-18-10-12-5-6-13(16)14(17)9-12/h5-6,9,18H,3-4,7-8,10-11H2,1-2H3. The van der Waals surface area contributed by atoms with Crippen LogP contribution in [0.4, 0.5) is 4.39 Å². The second-order valence-electron chi connectivity index (χ2n) is 5.68. The predicted molar refractivity (Wildman–Crippen MR) is 80.7 cm³/mol. The van der Waals surface area contributed by atoms with E-state index in [0.29, 0.717) is 4.47 Å². The summed E-state index contributed by atoms with van der Waals surface area (Å²) in [5, 5.41) is 3.49. The lowest BCUT2D eigenvalue weighted by molar-refractivity contribution is 0.153. The van der Waals surface area contributed by atoms with E-state index < -0.39 is 0 Å². The molecule has 1 N–H and O–H groups in total. The van der Waals surface area contributed by atoms with Crippen LogP contribution in [0, 0.1) is 5.82 Å². The third-order valence-electron chi connectivity index (χ3n) is 4.25. The molecule has 1 saturated carbocycles. The van der Waals surface area contributed by atoms with E-state index in [-0.39, 0.29) is 11.4 Å². The Morgan fingerprint density at radius 2 is 2.00 bits per heavy atom. The van der Waals surface area contributed by atoms with Crippen LogP contribution >= 0.6 is 15.9 Å². The van der Waals surface area contributed by atoms with E-state index in [4.69, 9.17) is 0 Å². The van der Waals surface area contributed by atoms with Crippen LogP contribution in [0.5, 0.6) is 0 Å². The minimum Gasteiger partial charge on any atom is -0.311 e. The van der Waals surface area contributed by atoms with Crippen molar-refractivity contribution in [3.05, 3.63) is 34.1 Å². The molecule has 106 valence electrons. The molecule has 1 aromatic rings.